The topological polar surface area (TPSA) is 70.2 Å². The number of aliphatic imine (C=N–C) groups is 1. The van der Waals surface area contributed by atoms with Gasteiger partial charge in [-0.3, -0.25) is 15.1 Å². The van der Waals surface area contributed by atoms with Gasteiger partial charge in [0.1, 0.15) is 5.69 Å². The Morgan fingerprint density at radius 2 is 1.79 bits per heavy atom. The molecular weight excluding hydrogens is 348 g/mol. The van der Waals surface area contributed by atoms with Gasteiger partial charge < -0.3 is 4.90 Å². The molecule has 1 aromatic carbocycles. The summed E-state index contributed by atoms with van der Waals surface area (Å²) < 4.78 is 2.15. The van der Waals surface area contributed by atoms with Crippen LogP contribution in [0.15, 0.2) is 53.9 Å². The normalized spacial score (nSPS) is 17.2. The minimum absolute atomic E-state index is 0.331. The lowest BCUT2D eigenvalue weighted by molar-refractivity contribution is 0.212. The third-order valence-corrected chi connectivity index (χ3v) is 5.70. The minimum atomic E-state index is 0.331. The average molecular weight is 370 g/mol. The van der Waals surface area contributed by atoms with Gasteiger partial charge >= 0.3 is 0 Å². The van der Waals surface area contributed by atoms with Crippen molar-refractivity contribution in [2.75, 3.05) is 20.1 Å². The van der Waals surface area contributed by atoms with E-state index < -0.39 is 0 Å². The smallest absolute Gasteiger partial charge is 0.152 e. The lowest BCUT2D eigenvalue weighted by atomic mass is 9.98. The van der Waals surface area contributed by atoms with Crippen LogP contribution in [0, 0.1) is 5.41 Å². The van der Waals surface area contributed by atoms with Crippen molar-refractivity contribution in [2.24, 2.45) is 4.99 Å². The van der Waals surface area contributed by atoms with Crippen molar-refractivity contribution >= 4 is 12.1 Å². The van der Waals surface area contributed by atoms with Crippen LogP contribution >= 0.6 is 0 Å². The second kappa shape index (κ2) is 6.80. The van der Waals surface area contributed by atoms with E-state index in [2.05, 4.69) is 44.9 Å². The summed E-state index contributed by atoms with van der Waals surface area (Å²) in [5.41, 5.74) is 6.14. The standard InChI is InChI=1S/C22H22N6/c1-27-10-6-18(7-11-27)28-14-20(21(26-28)15-4-8-24-9-5-15)16-2-3-19-17(12-16)13-25-22(19)23/h2-5,8-9,12-14,18,23H,6-7,10-11H2,1H3. The fourth-order valence-electron chi connectivity index (χ4n) is 4.03. The monoisotopic (exact) mass is 370 g/mol. The highest BCUT2D eigenvalue weighted by Crippen LogP contribution is 2.34. The second-order valence-electron chi connectivity index (χ2n) is 7.55. The Labute approximate surface area is 164 Å². The number of nitrogens with zero attached hydrogens (tertiary/aromatic N) is 5. The number of benzene rings is 1. The molecule has 6 heteroatoms. The first-order chi connectivity index (χ1) is 13.7. The maximum Gasteiger partial charge on any atom is 0.152 e. The molecule has 3 aromatic rings. The van der Waals surface area contributed by atoms with Crippen molar-refractivity contribution in [1.82, 2.24) is 19.7 Å². The summed E-state index contributed by atoms with van der Waals surface area (Å²) in [7, 11) is 2.18. The van der Waals surface area contributed by atoms with Gasteiger partial charge in [-0.2, -0.15) is 5.10 Å². The molecule has 0 amide bonds. The fourth-order valence-corrected chi connectivity index (χ4v) is 4.03. The highest BCUT2D eigenvalue weighted by Gasteiger charge is 2.23. The summed E-state index contributed by atoms with van der Waals surface area (Å²) in [6.07, 6.45) is 9.80. The van der Waals surface area contributed by atoms with Gasteiger partial charge in [-0.1, -0.05) is 6.07 Å². The van der Waals surface area contributed by atoms with Crippen LogP contribution in [-0.4, -0.2) is 51.9 Å². The number of rotatable bonds is 3. The van der Waals surface area contributed by atoms with Crippen molar-refractivity contribution in [3.05, 3.63) is 60.0 Å². The van der Waals surface area contributed by atoms with Crippen LogP contribution in [-0.2, 0) is 0 Å². The molecular formula is C22H22N6. The first kappa shape index (κ1) is 17.0. The van der Waals surface area contributed by atoms with Gasteiger partial charge in [0, 0.05) is 47.1 Å². The zero-order valence-electron chi connectivity index (χ0n) is 15.8. The van der Waals surface area contributed by atoms with Crippen molar-refractivity contribution in [2.45, 2.75) is 18.9 Å². The van der Waals surface area contributed by atoms with Crippen molar-refractivity contribution in [1.29, 1.82) is 5.41 Å². The molecule has 1 fully saturated rings. The van der Waals surface area contributed by atoms with E-state index in [9.17, 15) is 0 Å². The molecule has 4 heterocycles. The Morgan fingerprint density at radius 3 is 2.57 bits per heavy atom. The predicted molar refractivity (Wildman–Crippen MR) is 111 cm³/mol. The number of hydrogen-bond donors (Lipinski definition) is 1. The molecule has 1 saturated heterocycles. The largest absolute Gasteiger partial charge is 0.306 e. The lowest BCUT2D eigenvalue weighted by Gasteiger charge is -2.29. The second-order valence-corrected chi connectivity index (χ2v) is 7.55. The van der Waals surface area contributed by atoms with Crippen LogP contribution in [0.2, 0.25) is 0 Å². The molecule has 2 aliphatic rings. The molecule has 140 valence electrons. The van der Waals surface area contributed by atoms with Gasteiger partial charge in [-0.15, -0.1) is 0 Å². The summed E-state index contributed by atoms with van der Waals surface area (Å²) in [6, 6.07) is 10.6. The zero-order valence-corrected chi connectivity index (χ0v) is 15.8. The molecule has 0 spiro atoms. The summed E-state index contributed by atoms with van der Waals surface area (Å²) >= 11 is 0. The zero-order chi connectivity index (χ0) is 19.1. The number of piperidine rings is 1. The van der Waals surface area contributed by atoms with Gasteiger partial charge in [-0.25, -0.2) is 4.99 Å². The summed E-state index contributed by atoms with van der Waals surface area (Å²) in [5, 5.41) is 12.9. The van der Waals surface area contributed by atoms with Gasteiger partial charge in [-0.05, 0) is 62.8 Å². The maximum absolute atomic E-state index is 7.91. The minimum Gasteiger partial charge on any atom is -0.306 e. The van der Waals surface area contributed by atoms with Gasteiger partial charge in [0.05, 0.1) is 6.04 Å². The molecule has 0 aliphatic carbocycles. The Balaban J connectivity index is 1.60. The molecule has 28 heavy (non-hydrogen) atoms. The number of likely N-dealkylation sites (tertiary alicyclic amines) is 1. The van der Waals surface area contributed by atoms with Crippen LogP contribution < -0.4 is 0 Å². The SMILES string of the molecule is CN1CCC(n2cc(-c3ccc4c(c3)C=NC4=N)c(-c3ccncc3)n2)CC1. The lowest BCUT2D eigenvalue weighted by Crippen LogP contribution is -2.31. The first-order valence-electron chi connectivity index (χ1n) is 9.64. The summed E-state index contributed by atoms with van der Waals surface area (Å²) in [6.45, 7) is 2.20. The third kappa shape index (κ3) is 2.96. The number of nitrogens with one attached hydrogen (secondary N) is 1. The highest BCUT2D eigenvalue weighted by molar-refractivity contribution is 6.14. The third-order valence-electron chi connectivity index (χ3n) is 5.70. The molecule has 0 radical (unpaired) electrons. The van der Waals surface area contributed by atoms with Crippen molar-refractivity contribution < 1.29 is 0 Å². The summed E-state index contributed by atoms with van der Waals surface area (Å²) in [4.78, 5) is 10.7. The van der Waals surface area contributed by atoms with Gasteiger partial charge in [0.15, 0.2) is 5.84 Å². The molecule has 2 aromatic heterocycles. The number of pyridine rings is 1. The van der Waals surface area contributed by atoms with Gasteiger partial charge in [0.2, 0.25) is 0 Å². The molecule has 0 atom stereocenters. The molecule has 2 aliphatic heterocycles. The van der Waals surface area contributed by atoms with Crippen LogP contribution in [0.4, 0.5) is 0 Å². The van der Waals surface area contributed by atoms with E-state index in [0.717, 1.165) is 59.4 Å². The highest BCUT2D eigenvalue weighted by atomic mass is 15.3. The van der Waals surface area contributed by atoms with Crippen molar-refractivity contribution in [3.8, 4) is 22.4 Å². The van der Waals surface area contributed by atoms with Crippen molar-refractivity contribution in [3.63, 3.8) is 0 Å². The van der Waals surface area contributed by atoms with E-state index in [1.54, 1.807) is 6.21 Å². The Kier molecular flexibility index (Phi) is 4.13. The maximum atomic E-state index is 7.91. The first-order valence-corrected chi connectivity index (χ1v) is 9.64. The predicted octanol–water partition coefficient (Wildman–Crippen LogP) is 3.64. The van der Waals surface area contributed by atoms with E-state index in [0.29, 0.717) is 11.9 Å². The Bertz CT molecular complexity index is 1060. The fraction of sp³-hybridized carbons (Fsp3) is 0.273. The Morgan fingerprint density at radius 1 is 1.00 bits per heavy atom. The Hall–Kier alpha value is -3.12. The number of fused-ring (bicyclic) bond motifs is 1. The molecule has 0 saturated carbocycles. The van der Waals surface area contributed by atoms with Crippen LogP contribution in [0.3, 0.4) is 0 Å². The van der Waals surface area contributed by atoms with E-state index in [1.165, 1.54) is 0 Å². The van der Waals surface area contributed by atoms with E-state index in [1.807, 2.05) is 30.6 Å². The number of hydrogen-bond acceptors (Lipinski definition) is 4. The molecule has 6 nitrogen and oxygen atoms in total. The summed E-state index contributed by atoms with van der Waals surface area (Å²) in [5.74, 6) is 0.331. The van der Waals surface area contributed by atoms with E-state index in [4.69, 9.17) is 10.5 Å². The average Bonchev–Trinajstić information content (AvgIpc) is 3.33. The van der Waals surface area contributed by atoms with Crippen LogP contribution in [0.1, 0.15) is 30.0 Å². The van der Waals surface area contributed by atoms with E-state index in [-0.39, 0.29) is 0 Å². The quantitative estimate of drug-likeness (QED) is 0.765. The molecule has 1 N–H and O–H groups in total. The number of aromatic nitrogens is 3. The van der Waals surface area contributed by atoms with Crippen LogP contribution in [0.25, 0.3) is 22.4 Å². The molecule has 0 bridgehead atoms. The molecule has 5 rings (SSSR count). The van der Waals surface area contributed by atoms with Gasteiger partial charge in [0.25, 0.3) is 0 Å². The van der Waals surface area contributed by atoms with E-state index >= 15 is 0 Å². The molecule has 0 unspecified atom stereocenters. The van der Waals surface area contributed by atoms with Crippen LogP contribution in [0.5, 0.6) is 0 Å². The number of amidine groups is 1.